The van der Waals surface area contributed by atoms with E-state index in [1.165, 1.54) is 30.3 Å². The summed E-state index contributed by atoms with van der Waals surface area (Å²) in [6.07, 6.45) is -0.0983. The fourth-order valence-corrected chi connectivity index (χ4v) is 2.45. The third-order valence-electron chi connectivity index (χ3n) is 3.62. The van der Waals surface area contributed by atoms with Crippen molar-refractivity contribution in [3.63, 3.8) is 0 Å². The molecule has 0 unspecified atom stereocenters. The van der Waals surface area contributed by atoms with Crippen LogP contribution in [0.15, 0.2) is 47.6 Å². The maximum Gasteiger partial charge on any atom is 0.287 e. The number of anilines is 1. The van der Waals surface area contributed by atoms with E-state index in [0.29, 0.717) is 17.0 Å². The van der Waals surface area contributed by atoms with Gasteiger partial charge < -0.3 is 11.1 Å². The number of nitrogens with zero attached hydrogens (tertiary/aromatic N) is 2. The first kappa shape index (κ1) is 21.5. The van der Waals surface area contributed by atoms with Crippen LogP contribution >= 0.6 is 11.6 Å². The molecule has 11 heteroatoms. The standard InChI is InChI=1S/C18H16ClN5O5/c1-10(8-16(25)21-13-5-2-11(3-6-13)17(20)26)22-23-18(27)12-4-7-15(24(28)29)14(19)9-12/h2-7,9H,8H2,1H3,(H2,20,26)(H,21,25)(H,23,27)/b22-10+. The fourth-order valence-electron chi connectivity index (χ4n) is 2.20. The Morgan fingerprint density at radius 1 is 1.14 bits per heavy atom. The summed E-state index contributed by atoms with van der Waals surface area (Å²) in [6, 6.07) is 9.54. The number of rotatable bonds is 7. The van der Waals surface area contributed by atoms with Gasteiger partial charge in [0, 0.05) is 28.6 Å². The van der Waals surface area contributed by atoms with Gasteiger partial charge in [0.05, 0.1) is 11.3 Å². The van der Waals surface area contributed by atoms with Crippen LogP contribution < -0.4 is 16.5 Å². The average molecular weight is 418 g/mol. The number of nitro benzene ring substituents is 1. The van der Waals surface area contributed by atoms with Crippen molar-refractivity contribution in [1.29, 1.82) is 0 Å². The van der Waals surface area contributed by atoms with Crippen molar-refractivity contribution >= 4 is 46.4 Å². The first-order chi connectivity index (χ1) is 13.7. The quantitative estimate of drug-likeness (QED) is 0.358. The molecule has 150 valence electrons. The highest BCUT2D eigenvalue weighted by Gasteiger charge is 2.15. The van der Waals surface area contributed by atoms with Crippen molar-refractivity contribution in [2.24, 2.45) is 10.8 Å². The molecule has 10 nitrogen and oxygen atoms in total. The smallest absolute Gasteiger partial charge is 0.287 e. The van der Waals surface area contributed by atoms with Crippen molar-refractivity contribution in [3.8, 4) is 0 Å². The zero-order valence-electron chi connectivity index (χ0n) is 15.1. The highest BCUT2D eigenvalue weighted by Crippen LogP contribution is 2.24. The summed E-state index contributed by atoms with van der Waals surface area (Å²) in [5.74, 6) is -1.59. The Bertz CT molecular complexity index is 1000. The minimum absolute atomic E-state index is 0.0798. The van der Waals surface area contributed by atoms with Crippen LogP contribution in [-0.4, -0.2) is 28.4 Å². The van der Waals surface area contributed by atoms with Crippen molar-refractivity contribution < 1.29 is 19.3 Å². The van der Waals surface area contributed by atoms with E-state index < -0.39 is 16.7 Å². The van der Waals surface area contributed by atoms with Crippen LogP contribution in [0.25, 0.3) is 0 Å². The highest BCUT2D eigenvalue weighted by atomic mass is 35.5. The maximum atomic E-state index is 12.1. The van der Waals surface area contributed by atoms with Crippen LogP contribution in [0.4, 0.5) is 11.4 Å². The number of nitrogens with one attached hydrogen (secondary N) is 2. The molecule has 29 heavy (non-hydrogen) atoms. The Kier molecular flexibility index (Phi) is 6.99. The van der Waals surface area contributed by atoms with E-state index in [1.807, 2.05) is 0 Å². The van der Waals surface area contributed by atoms with Crippen LogP contribution in [0.3, 0.4) is 0 Å². The van der Waals surface area contributed by atoms with Gasteiger partial charge in [0.2, 0.25) is 11.8 Å². The third kappa shape index (κ3) is 6.11. The molecule has 2 aromatic rings. The Morgan fingerprint density at radius 2 is 1.76 bits per heavy atom. The number of hydrogen-bond donors (Lipinski definition) is 3. The topological polar surface area (TPSA) is 157 Å². The third-order valence-corrected chi connectivity index (χ3v) is 3.93. The number of carbonyl (C=O) groups is 3. The average Bonchev–Trinajstić information content (AvgIpc) is 2.66. The van der Waals surface area contributed by atoms with Crippen molar-refractivity contribution in [2.45, 2.75) is 13.3 Å². The molecule has 0 aliphatic heterocycles. The second-order valence-corrected chi connectivity index (χ2v) is 6.29. The van der Waals surface area contributed by atoms with Gasteiger partial charge in [-0.1, -0.05) is 11.6 Å². The van der Waals surface area contributed by atoms with Gasteiger partial charge in [-0.3, -0.25) is 24.5 Å². The van der Waals surface area contributed by atoms with Crippen LogP contribution in [0.2, 0.25) is 5.02 Å². The summed E-state index contributed by atoms with van der Waals surface area (Å²) in [7, 11) is 0. The lowest BCUT2D eigenvalue weighted by atomic mass is 10.2. The number of amides is 3. The van der Waals surface area contributed by atoms with Crippen molar-refractivity contribution in [2.75, 3.05) is 5.32 Å². The molecule has 3 amide bonds. The summed E-state index contributed by atoms with van der Waals surface area (Å²) in [5.41, 5.74) is 8.26. The van der Waals surface area contributed by atoms with Crippen molar-refractivity contribution in [3.05, 3.63) is 68.7 Å². The number of hydrazone groups is 1. The lowest BCUT2D eigenvalue weighted by Crippen LogP contribution is -2.21. The molecule has 0 aliphatic rings. The molecule has 4 N–H and O–H groups in total. The van der Waals surface area contributed by atoms with Gasteiger partial charge in [0.1, 0.15) is 5.02 Å². The van der Waals surface area contributed by atoms with Crippen LogP contribution in [-0.2, 0) is 4.79 Å². The number of halogens is 1. The molecule has 2 aromatic carbocycles. The van der Waals surface area contributed by atoms with E-state index in [-0.39, 0.29) is 28.6 Å². The first-order valence-corrected chi connectivity index (χ1v) is 8.52. The number of hydrogen-bond acceptors (Lipinski definition) is 6. The second kappa shape index (κ2) is 9.42. The predicted molar refractivity (Wildman–Crippen MR) is 107 cm³/mol. The lowest BCUT2D eigenvalue weighted by molar-refractivity contribution is -0.384. The molecule has 2 rings (SSSR count). The Hall–Kier alpha value is -3.79. The van der Waals surface area contributed by atoms with Crippen LogP contribution in [0.1, 0.15) is 34.1 Å². The molecule has 0 atom stereocenters. The van der Waals surface area contributed by atoms with E-state index in [9.17, 15) is 24.5 Å². The monoisotopic (exact) mass is 417 g/mol. The minimum atomic E-state index is -0.660. The molecular weight excluding hydrogens is 402 g/mol. The normalized spacial score (nSPS) is 10.9. The zero-order valence-corrected chi connectivity index (χ0v) is 15.9. The van der Waals surface area contributed by atoms with E-state index in [0.717, 1.165) is 12.1 Å². The maximum absolute atomic E-state index is 12.1. The molecule has 0 spiro atoms. The predicted octanol–water partition coefficient (Wildman–Crippen LogP) is 2.48. The molecule has 0 saturated carbocycles. The van der Waals surface area contributed by atoms with E-state index in [4.69, 9.17) is 17.3 Å². The zero-order chi connectivity index (χ0) is 21.6. The second-order valence-electron chi connectivity index (χ2n) is 5.88. The largest absolute Gasteiger partial charge is 0.366 e. The number of nitro groups is 1. The van der Waals surface area contributed by atoms with E-state index in [2.05, 4.69) is 15.8 Å². The summed E-state index contributed by atoms with van der Waals surface area (Å²) < 4.78 is 0. The van der Waals surface area contributed by atoms with Gasteiger partial charge in [-0.05, 0) is 43.3 Å². The van der Waals surface area contributed by atoms with Gasteiger partial charge >= 0.3 is 0 Å². The SMILES string of the molecule is C/C(CC(=O)Nc1ccc(C(N)=O)cc1)=N\NC(=O)c1ccc([N+](=O)[O-])c(Cl)c1. The molecular formula is C18H16ClN5O5. The van der Waals surface area contributed by atoms with E-state index in [1.54, 1.807) is 6.92 Å². The molecule has 0 fully saturated rings. The summed E-state index contributed by atoms with van der Waals surface area (Å²) in [5, 5.41) is 17.0. The number of benzene rings is 2. The van der Waals surface area contributed by atoms with Crippen molar-refractivity contribution in [1.82, 2.24) is 5.43 Å². The van der Waals surface area contributed by atoms with Gasteiger partial charge in [0.25, 0.3) is 11.6 Å². The number of carbonyl (C=O) groups excluding carboxylic acids is 3. The molecule has 0 aliphatic carbocycles. The molecule has 0 radical (unpaired) electrons. The Labute approximate surface area is 169 Å². The van der Waals surface area contributed by atoms with Gasteiger partial charge in [-0.15, -0.1) is 0 Å². The first-order valence-electron chi connectivity index (χ1n) is 8.14. The van der Waals surface area contributed by atoms with Gasteiger partial charge in [0.15, 0.2) is 0 Å². The minimum Gasteiger partial charge on any atom is -0.366 e. The van der Waals surface area contributed by atoms with Gasteiger partial charge in [-0.25, -0.2) is 5.43 Å². The lowest BCUT2D eigenvalue weighted by Gasteiger charge is -2.06. The summed E-state index contributed by atoms with van der Waals surface area (Å²) in [6.45, 7) is 1.54. The molecule has 0 aromatic heterocycles. The van der Waals surface area contributed by atoms with Crippen LogP contribution in [0.5, 0.6) is 0 Å². The highest BCUT2D eigenvalue weighted by molar-refractivity contribution is 6.33. The molecule has 0 bridgehead atoms. The number of nitrogens with two attached hydrogens (primary N) is 1. The van der Waals surface area contributed by atoms with Crippen LogP contribution in [0, 0.1) is 10.1 Å². The molecule has 0 heterocycles. The summed E-state index contributed by atoms with van der Waals surface area (Å²) in [4.78, 5) is 45.2. The Morgan fingerprint density at radius 3 is 2.31 bits per heavy atom. The summed E-state index contributed by atoms with van der Waals surface area (Å²) >= 11 is 5.77. The number of primary amides is 1. The molecule has 0 saturated heterocycles. The Balaban J connectivity index is 1.92. The fraction of sp³-hybridized carbons (Fsp3) is 0.111. The van der Waals surface area contributed by atoms with Gasteiger partial charge in [-0.2, -0.15) is 5.10 Å². The van der Waals surface area contributed by atoms with E-state index >= 15 is 0 Å².